The summed E-state index contributed by atoms with van der Waals surface area (Å²) in [6.45, 7) is 6.65. The van der Waals surface area contributed by atoms with Crippen molar-refractivity contribution >= 4 is 17.9 Å². The first-order valence-corrected chi connectivity index (χ1v) is 29.8. The maximum Gasteiger partial charge on any atom is 0.306 e. The molecule has 0 spiro atoms. The van der Waals surface area contributed by atoms with Gasteiger partial charge in [0.15, 0.2) is 6.10 Å². The minimum Gasteiger partial charge on any atom is -0.462 e. The number of carbonyl (C=O) groups excluding carboxylic acids is 3. The molecule has 0 amide bonds. The maximum absolute atomic E-state index is 12.8. The van der Waals surface area contributed by atoms with Crippen LogP contribution >= 0.6 is 0 Å². The predicted octanol–water partition coefficient (Wildman–Crippen LogP) is 19.9. The van der Waals surface area contributed by atoms with Crippen LogP contribution in [0.1, 0.15) is 329 Å². The molecule has 67 heavy (non-hydrogen) atoms. The molecule has 0 aliphatic rings. The third-order valence-corrected chi connectivity index (χ3v) is 13.4. The summed E-state index contributed by atoms with van der Waals surface area (Å²) >= 11 is 0. The molecule has 0 N–H and O–H groups in total. The van der Waals surface area contributed by atoms with Crippen LogP contribution < -0.4 is 0 Å². The first-order valence-electron chi connectivity index (χ1n) is 29.8. The fourth-order valence-corrected chi connectivity index (χ4v) is 8.91. The number of allylic oxidation sites excluding steroid dienone is 4. The molecule has 0 aromatic rings. The predicted molar refractivity (Wildman–Crippen MR) is 289 cm³/mol. The van der Waals surface area contributed by atoms with Gasteiger partial charge in [0.1, 0.15) is 13.2 Å². The third-order valence-electron chi connectivity index (χ3n) is 13.4. The molecule has 0 aromatic carbocycles. The Labute approximate surface area is 417 Å². The van der Waals surface area contributed by atoms with Crippen molar-refractivity contribution in [1.29, 1.82) is 0 Å². The van der Waals surface area contributed by atoms with E-state index in [-0.39, 0.29) is 31.1 Å². The van der Waals surface area contributed by atoms with Crippen molar-refractivity contribution in [2.24, 2.45) is 0 Å². The maximum atomic E-state index is 12.8. The SMILES string of the molecule is CCCCCC/C=C\CCCCCCCCCC(=O)OC[C@H](COC(=O)CCCCCCCCCCCCCCCCCCCCCCC)OC(=O)CCCCCCC/C=C\CCCCCC. The average Bonchev–Trinajstić information content (AvgIpc) is 3.33. The molecule has 0 aromatic heterocycles. The van der Waals surface area contributed by atoms with E-state index in [0.29, 0.717) is 19.3 Å². The van der Waals surface area contributed by atoms with E-state index in [0.717, 1.165) is 64.2 Å². The summed E-state index contributed by atoms with van der Waals surface area (Å²) in [5.41, 5.74) is 0. The normalized spacial score (nSPS) is 12.1. The van der Waals surface area contributed by atoms with Gasteiger partial charge in [0.25, 0.3) is 0 Å². The monoisotopic (exact) mass is 943 g/mol. The highest BCUT2D eigenvalue weighted by atomic mass is 16.6. The van der Waals surface area contributed by atoms with Gasteiger partial charge in [0, 0.05) is 19.3 Å². The van der Waals surface area contributed by atoms with Crippen LogP contribution in [0.25, 0.3) is 0 Å². The molecular formula is C61H114O6. The van der Waals surface area contributed by atoms with Gasteiger partial charge < -0.3 is 14.2 Å². The Bertz CT molecular complexity index is 1080. The van der Waals surface area contributed by atoms with Gasteiger partial charge in [-0.1, -0.05) is 263 Å². The van der Waals surface area contributed by atoms with Gasteiger partial charge in [-0.15, -0.1) is 0 Å². The molecule has 6 heteroatoms. The number of hydrogen-bond acceptors (Lipinski definition) is 6. The largest absolute Gasteiger partial charge is 0.462 e. The van der Waals surface area contributed by atoms with Crippen molar-refractivity contribution < 1.29 is 28.6 Å². The van der Waals surface area contributed by atoms with E-state index in [4.69, 9.17) is 14.2 Å². The fourth-order valence-electron chi connectivity index (χ4n) is 8.91. The van der Waals surface area contributed by atoms with Crippen LogP contribution in [-0.4, -0.2) is 37.2 Å². The lowest BCUT2D eigenvalue weighted by Crippen LogP contribution is -2.30. The lowest BCUT2D eigenvalue weighted by Gasteiger charge is -2.18. The molecule has 0 rings (SSSR count). The summed E-state index contributed by atoms with van der Waals surface area (Å²) in [5, 5.41) is 0. The van der Waals surface area contributed by atoms with Gasteiger partial charge in [0.05, 0.1) is 0 Å². The highest BCUT2D eigenvalue weighted by Gasteiger charge is 2.19. The molecule has 0 bridgehead atoms. The molecule has 0 saturated carbocycles. The minimum absolute atomic E-state index is 0.0714. The lowest BCUT2D eigenvalue weighted by atomic mass is 10.0. The Kier molecular flexibility index (Phi) is 54.7. The summed E-state index contributed by atoms with van der Waals surface area (Å²) in [7, 11) is 0. The Balaban J connectivity index is 4.27. The van der Waals surface area contributed by atoms with Crippen LogP contribution in [0.5, 0.6) is 0 Å². The van der Waals surface area contributed by atoms with Crippen LogP contribution in [0.3, 0.4) is 0 Å². The molecule has 0 heterocycles. The van der Waals surface area contributed by atoms with Gasteiger partial charge in [-0.25, -0.2) is 0 Å². The zero-order valence-electron chi connectivity index (χ0n) is 45.2. The number of rotatable bonds is 55. The van der Waals surface area contributed by atoms with Gasteiger partial charge in [-0.05, 0) is 70.6 Å². The Hall–Kier alpha value is -2.11. The zero-order valence-corrected chi connectivity index (χ0v) is 45.2. The zero-order chi connectivity index (χ0) is 48.6. The molecule has 1 atom stereocenters. The molecule has 0 saturated heterocycles. The van der Waals surface area contributed by atoms with Crippen LogP contribution in [-0.2, 0) is 28.6 Å². The summed E-state index contributed by atoms with van der Waals surface area (Å²) in [6.07, 6.45) is 66.0. The Morgan fingerprint density at radius 2 is 0.493 bits per heavy atom. The van der Waals surface area contributed by atoms with Crippen molar-refractivity contribution in [2.75, 3.05) is 13.2 Å². The summed E-state index contributed by atoms with van der Waals surface area (Å²) in [6, 6.07) is 0. The number of carbonyl (C=O) groups is 3. The second kappa shape index (κ2) is 56.5. The van der Waals surface area contributed by atoms with E-state index >= 15 is 0 Å². The number of unbranched alkanes of at least 4 members (excludes halogenated alkanes) is 40. The summed E-state index contributed by atoms with van der Waals surface area (Å²) in [4.78, 5) is 38.1. The first-order chi connectivity index (χ1) is 33.0. The van der Waals surface area contributed by atoms with Crippen molar-refractivity contribution in [1.82, 2.24) is 0 Å². The number of esters is 3. The van der Waals surface area contributed by atoms with Gasteiger partial charge in [-0.3, -0.25) is 14.4 Å². The second-order valence-electron chi connectivity index (χ2n) is 20.3. The van der Waals surface area contributed by atoms with Gasteiger partial charge in [-0.2, -0.15) is 0 Å². The van der Waals surface area contributed by atoms with Crippen LogP contribution in [0, 0.1) is 0 Å². The lowest BCUT2D eigenvalue weighted by molar-refractivity contribution is -0.167. The topological polar surface area (TPSA) is 78.9 Å². The van der Waals surface area contributed by atoms with Crippen LogP contribution in [0.2, 0.25) is 0 Å². The van der Waals surface area contributed by atoms with E-state index in [1.54, 1.807) is 0 Å². The van der Waals surface area contributed by atoms with Crippen molar-refractivity contribution in [3.8, 4) is 0 Å². The molecule has 0 aliphatic heterocycles. The molecule has 0 radical (unpaired) electrons. The molecule has 6 nitrogen and oxygen atoms in total. The highest BCUT2D eigenvalue weighted by molar-refractivity contribution is 5.71. The van der Waals surface area contributed by atoms with Crippen molar-refractivity contribution in [3.05, 3.63) is 24.3 Å². The fraction of sp³-hybridized carbons (Fsp3) is 0.885. The minimum atomic E-state index is -0.773. The number of ether oxygens (including phenoxy) is 3. The van der Waals surface area contributed by atoms with E-state index in [1.165, 1.54) is 225 Å². The quantitative estimate of drug-likeness (QED) is 0.0262. The average molecular weight is 944 g/mol. The van der Waals surface area contributed by atoms with Gasteiger partial charge in [0.2, 0.25) is 0 Å². The van der Waals surface area contributed by atoms with E-state index < -0.39 is 6.10 Å². The molecule has 0 unspecified atom stereocenters. The summed E-state index contributed by atoms with van der Waals surface area (Å²) in [5.74, 6) is -0.864. The standard InChI is InChI=1S/C61H114O6/c1-4-7-10-13-16-19-22-25-27-28-29-30-31-32-34-37-39-42-45-48-51-54-60(63)66-57-58(67-61(64)55-52-49-46-43-40-35-24-21-18-15-12-9-6-3)56-65-59(62)53-50-47-44-41-38-36-33-26-23-20-17-14-11-8-5-2/h20-21,23-24,58H,4-19,22,25-57H2,1-3H3/b23-20-,24-21-/t58-/m1/s1. The van der Waals surface area contributed by atoms with Crippen molar-refractivity contribution in [2.45, 2.75) is 335 Å². The van der Waals surface area contributed by atoms with E-state index in [9.17, 15) is 14.4 Å². The third kappa shape index (κ3) is 54.7. The summed E-state index contributed by atoms with van der Waals surface area (Å²) < 4.78 is 16.9. The molecule has 394 valence electrons. The molecule has 0 fully saturated rings. The van der Waals surface area contributed by atoms with Gasteiger partial charge >= 0.3 is 17.9 Å². The van der Waals surface area contributed by atoms with Crippen molar-refractivity contribution in [3.63, 3.8) is 0 Å². The second-order valence-corrected chi connectivity index (χ2v) is 20.3. The van der Waals surface area contributed by atoms with Crippen LogP contribution in [0.4, 0.5) is 0 Å². The van der Waals surface area contributed by atoms with E-state index in [1.807, 2.05) is 0 Å². The molecular weight excluding hydrogens is 829 g/mol. The highest BCUT2D eigenvalue weighted by Crippen LogP contribution is 2.17. The smallest absolute Gasteiger partial charge is 0.306 e. The Morgan fingerprint density at radius 3 is 0.761 bits per heavy atom. The van der Waals surface area contributed by atoms with E-state index in [2.05, 4.69) is 45.1 Å². The number of hydrogen-bond donors (Lipinski definition) is 0. The Morgan fingerprint density at radius 1 is 0.284 bits per heavy atom. The van der Waals surface area contributed by atoms with Crippen LogP contribution in [0.15, 0.2) is 24.3 Å². The molecule has 0 aliphatic carbocycles. The first kappa shape index (κ1) is 64.9.